The molecule has 3 saturated carbocycles. The first-order chi connectivity index (χ1) is 14.8. The first kappa shape index (κ1) is 23.1. The summed E-state index contributed by atoms with van der Waals surface area (Å²) in [6.07, 6.45) is 19.0. The van der Waals surface area contributed by atoms with Crippen LogP contribution in [0, 0.1) is 52.3 Å². The summed E-state index contributed by atoms with van der Waals surface area (Å²) in [5.41, 5.74) is 1.82. The van der Waals surface area contributed by atoms with Crippen molar-refractivity contribution in [3.63, 3.8) is 0 Å². The summed E-state index contributed by atoms with van der Waals surface area (Å²) in [7, 11) is 0. The fraction of sp³-hybridized carbons (Fsp3) is 0.767. The lowest BCUT2D eigenvalue weighted by molar-refractivity contribution is -0.122. The van der Waals surface area contributed by atoms with E-state index in [0.717, 1.165) is 42.4 Å². The van der Waals surface area contributed by atoms with Crippen molar-refractivity contribution in [2.24, 2.45) is 52.3 Å². The molecule has 0 N–H and O–H groups in total. The van der Waals surface area contributed by atoms with Gasteiger partial charge in [0.25, 0.3) is 0 Å². The average Bonchev–Trinajstić information content (AvgIpc) is 3.13. The molecule has 0 aromatic carbocycles. The first-order valence-electron chi connectivity index (χ1n) is 13.3. The molecule has 1 heteroatoms. The third kappa shape index (κ3) is 3.63. The zero-order chi connectivity index (χ0) is 22.4. The molecule has 4 rings (SSSR count). The molecular formula is C30H46O. The third-order valence-corrected chi connectivity index (χ3v) is 10.4. The quantitative estimate of drug-likeness (QED) is 0.378. The predicted molar refractivity (Wildman–Crippen MR) is 132 cm³/mol. The Bertz CT molecular complexity index is 744. The van der Waals surface area contributed by atoms with Gasteiger partial charge >= 0.3 is 0 Å². The zero-order valence-corrected chi connectivity index (χ0v) is 20.7. The van der Waals surface area contributed by atoms with Crippen LogP contribution in [0.2, 0.25) is 0 Å². The molecule has 0 saturated heterocycles. The van der Waals surface area contributed by atoms with Crippen molar-refractivity contribution >= 4 is 5.78 Å². The van der Waals surface area contributed by atoms with Gasteiger partial charge in [-0.1, -0.05) is 70.8 Å². The van der Waals surface area contributed by atoms with E-state index in [-0.39, 0.29) is 5.41 Å². The lowest BCUT2D eigenvalue weighted by atomic mass is 9.44. The highest BCUT2D eigenvalue weighted by molar-refractivity contribution is 5.83. The molecule has 0 aromatic rings. The lowest BCUT2D eigenvalue weighted by Gasteiger charge is -2.60. The van der Waals surface area contributed by atoms with Crippen LogP contribution in [-0.4, -0.2) is 5.78 Å². The van der Waals surface area contributed by atoms with Gasteiger partial charge in [0.1, 0.15) is 5.78 Å². The number of carbonyl (C=O) groups excluding carboxylic acids is 1. The van der Waals surface area contributed by atoms with Crippen molar-refractivity contribution in [2.75, 3.05) is 0 Å². The minimum absolute atomic E-state index is 0.0827. The van der Waals surface area contributed by atoms with Gasteiger partial charge in [-0.2, -0.15) is 0 Å². The number of carbonyl (C=O) groups is 1. The van der Waals surface area contributed by atoms with Crippen LogP contribution in [0.1, 0.15) is 91.9 Å². The Balaban J connectivity index is 1.62. The molecule has 4 aliphatic rings. The Morgan fingerprint density at radius 2 is 1.84 bits per heavy atom. The van der Waals surface area contributed by atoms with Crippen molar-refractivity contribution < 1.29 is 4.79 Å². The zero-order valence-electron chi connectivity index (χ0n) is 20.7. The largest absolute Gasteiger partial charge is 0.299 e. The van der Waals surface area contributed by atoms with Crippen molar-refractivity contribution in [1.29, 1.82) is 0 Å². The molecule has 8 atom stereocenters. The smallest absolute Gasteiger partial charge is 0.137 e. The molecule has 8 unspecified atom stereocenters. The van der Waals surface area contributed by atoms with E-state index in [2.05, 4.69) is 59.1 Å². The highest BCUT2D eigenvalue weighted by atomic mass is 16.1. The molecule has 0 bridgehead atoms. The Labute approximate surface area is 191 Å². The van der Waals surface area contributed by atoms with E-state index in [1.807, 2.05) is 0 Å². The molecule has 31 heavy (non-hydrogen) atoms. The van der Waals surface area contributed by atoms with Crippen LogP contribution in [-0.2, 0) is 4.79 Å². The minimum atomic E-state index is 0.0827. The number of fused-ring (bicyclic) bond motifs is 5. The number of ketones is 1. The van der Waals surface area contributed by atoms with Crippen LogP contribution in [0.25, 0.3) is 0 Å². The van der Waals surface area contributed by atoms with E-state index < -0.39 is 0 Å². The van der Waals surface area contributed by atoms with Crippen molar-refractivity contribution in [3.05, 3.63) is 37.0 Å². The van der Waals surface area contributed by atoms with Crippen LogP contribution in [0.5, 0.6) is 0 Å². The molecule has 0 radical (unpaired) electrons. The van der Waals surface area contributed by atoms with E-state index >= 15 is 0 Å². The number of hydrogen-bond donors (Lipinski definition) is 0. The summed E-state index contributed by atoms with van der Waals surface area (Å²) in [4.78, 5) is 12.3. The Kier molecular flexibility index (Phi) is 6.46. The van der Waals surface area contributed by atoms with Crippen LogP contribution < -0.4 is 0 Å². The molecule has 4 aliphatic carbocycles. The van der Waals surface area contributed by atoms with E-state index in [0.29, 0.717) is 29.5 Å². The van der Waals surface area contributed by atoms with E-state index in [4.69, 9.17) is 0 Å². The molecule has 1 nitrogen and oxygen atoms in total. The van der Waals surface area contributed by atoms with E-state index in [1.54, 1.807) is 0 Å². The maximum Gasteiger partial charge on any atom is 0.137 e. The van der Waals surface area contributed by atoms with E-state index in [9.17, 15) is 4.79 Å². The van der Waals surface area contributed by atoms with Gasteiger partial charge in [0.05, 0.1) is 0 Å². The summed E-state index contributed by atoms with van der Waals surface area (Å²) in [6.45, 7) is 18.5. The van der Waals surface area contributed by atoms with Gasteiger partial charge < -0.3 is 0 Å². The van der Waals surface area contributed by atoms with Crippen LogP contribution >= 0.6 is 0 Å². The molecule has 3 fully saturated rings. The summed E-state index contributed by atoms with van der Waals surface area (Å²) in [6, 6.07) is 0. The number of hydrogen-bond acceptors (Lipinski definition) is 1. The normalized spacial score (nSPS) is 42.9. The van der Waals surface area contributed by atoms with Crippen LogP contribution in [0.15, 0.2) is 37.0 Å². The van der Waals surface area contributed by atoms with Gasteiger partial charge in [-0.25, -0.2) is 0 Å². The summed E-state index contributed by atoms with van der Waals surface area (Å²) in [5, 5.41) is 0. The second kappa shape index (κ2) is 8.68. The molecule has 172 valence electrons. The van der Waals surface area contributed by atoms with Gasteiger partial charge in [0.2, 0.25) is 0 Å². The molecular weight excluding hydrogens is 376 g/mol. The SMILES string of the molecule is C=CC12CCC(=O)CC1=CC(C)C1C2CCC2(C=C)C(C(C)CCCC(C)C)CCC12. The molecule has 0 aliphatic heterocycles. The maximum absolute atomic E-state index is 12.3. The van der Waals surface area contributed by atoms with E-state index in [1.165, 1.54) is 50.5 Å². The van der Waals surface area contributed by atoms with Crippen molar-refractivity contribution in [3.8, 4) is 0 Å². The summed E-state index contributed by atoms with van der Waals surface area (Å²) in [5.74, 6) is 5.55. The molecule has 0 amide bonds. The fourth-order valence-electron chi connectivity index (χ4n) is 9.00. The highest BCUT2D eigenvalue weighted by Gasteiger charge is 2.61. The lowest BCUT2D eigenvalue weighted by Crippen LogP contribution is -2.53. The van der Waals surface area contributed by atoms with Crippen LogP contribution in [0.3, 0.4) is 0 Å². The minimum Gasteiger partial charge on any atom is -0.299 e. The predicted octanol–water partition coefficient (Wildman–Crippen LogP) is 8.18. The molecule has 0 heterocycles. The fourth-order valence-corrected chi connectivity index (χ4v) is 9.00. The topological polar surface area (TPSA) is 17.1 Å². The van der Waals surface area contributed by atoms with Gasteiger partial charge in [-0.05, 0) is 78.9 Å². The number of rotatable bonds is 7. The Hall–Kier alpha value is -1.11. The third-order valence-electron chi connectivity index (χ3n) is 10.4. The maximum atomic E-state index is 12.3. The number of allylic oxidation sites excluding steroid dienone is 4. The van der Waals surface area contributed by atoms with Gasteiger partial charge in [-0.15, -0.1) is 13.2 Å². The summed E-state index contributed by atoms with van der Waals surface area (Å²) < 4.78 is 0. The second-order valence-corrected chi connectivity index (χ2v) is 12.1. The van der Waals surface area contributed by atoms with Gasteiger partial charge in [0, 0.05) is 18.3 Å². The van der Waals surface area contributed by atoms with Gasteiger partial charge in [-0.3, -0.25) is 4.79 Å². The van der Waals surface area contributed by atoms with Gasteiger partial charge in [0.15, 0.2) is 0 Å². The number of Topliss-reactive ketones (excluding diaryl/α,β-unsaturated/α-hetero) is 1. The average molecular weight is 423 g/mol. The molecule has 0 aromatic heterocycles. The summed E-state index contributed by atoms with van der Waals surface area (Å²) >= 11 is 0. The van der Waals surface area contributed by atoms with Crippen molar-refractivity contribution in [1.82, 2.24) is 0 Å². The Morgan fingerprint density at radius 3 is 2.52 bits per heavy atom. The van der Waals surface area contributed by atoms with Crippen molar-refractivity contribution in [2.45, 2.75) is 91.9 Å². The first-order valence-corrected chi connectivity index (χ1v) is 13.3. The van der Waals surface area contributed by atoms with Crippen LogP contribution in [0.4, 0.5) is 0 Å². The second-order valence-electron chi connectivity index (χ2n) is 12.1. The highest BCUT2D eigenvalue weighted by Crippen LogP contribution is 2.69. The monoisotopic (exact) mass is 422 g/mol. The standard InChI is InChI=1S/C30H46O/c1-7-29-16-14-24(31)19-23(29)18-22(6)28-26-13-12-25(21(5)11-9-10-20(3)4)30(26,8-2)17-15-27(28)29/h7-8,18,20-22,25-28H,1-2,9-17,19H2,3-6H3. The molecule has 0 spiro atoms. The Morgan fingerprint density at radius 1 is 1.06 bits per heavy atom.